The highest BCUT2D eigenvalue weighted by atomic mass is 16.5. The highest BCUT2D eigenvalue weighted by molar-refractivity contribution is 5.86. The monoisotopic (exact) mass is 366 g/mol. The van der Waals surface area contributed by atoms with Gasteiger partial charge in [-0.1, -0.05) is 19.0 Å². The zero-order chi connectivity index (χ0) is 18.7. The van der Waals surface area contributed by atoms with Crippen LogP contribution in [0.25, 0.3) is 0 Å². The standard InChI is InChI=1S/C17H26N4O5/c1-11(2)13-18-14(26-20-13)12-4-3-7-21(10-12)16(24)19-17(15(22)23)5-8-25-9-6-17/h11-12H,3-10H2,1-2H3,(H,19,24)(H,22,23). The number of nitrogens with one attached hydrogen (secondary N) is 1. The van der Waals surface area contributed by atoms with E-state index in [0.29, 0.717) is 38.0 Å². The molecule has 0 saturated carbocycles. The third-order valence-corrected chi connectivity index (χ3v) is 5.13. The lowest BCUT2D eigenvalue weighted by Crippen LogP contribution is -2.61. The second kappa shape index (κ2) is 7.61. The summed E-state index contributed by atoms with van der Waals surface area (Å²) in [4.78, 5) is 30.5. The number of nitrogens with zero attached hydrogens (tertiary/aromatic N) is 3. The molecule has 2 amide bonds. The smallest absolute Gasteiger partial charge is 0.329 e. The molecule has 0 spiro atoms. The van der Waals surface area contributed by atoms with E-state index in [0.717, 1.165) is 12.8 Å². The largest absolute Gasteiger partial charge is 0.480 e. The third-order valence-electron chi connectivity index (χ3n) is 5.13. The number of carbonyl (C=O) groups is 2. The summed E-state index contributed by atoms with van der Waals surface area (Å²) in [6.07, 6.45) is 2.21. The van der Waals surface area contributed by atoms with Crippen LogP contribution in [0.2, 0.25) is 0 Å². The second-order valence-electron chi connectivity index (χ2n) is 7.36. The number of rotatable bonds is 4. The summed E-state index contributed by atoms with van der Waals surface area (Å²) in [6, 6.07) is -0.359. The molecule has 2 N–H and O–H groups in total. The van der Waals surface area contributed by atoms with Gasteiger partial charge in [0.25, 0.3) is 0 Å². The first-order valence-corrected chi connectivity index (χ1v) is 9.13. The lowest BCUT2D eigenvalue weighted by molar-refractivity contribution is -0.148. The summed E-state index contributed by atoms with van der Waals surface area (Å²) in [5.41, 5.74) is -1.25. The van der Waals surface area contributed by atoms with Crippen LogP contribution in [-0.4, -0.2) is 64.0 Å². The molecule has 26 heavy (non-hydrogen) atoms. The molecule has 0 aliphatic carbocycles. The Kier molecular flexibility index (Phi) is 5.45. The van der Waals surface area contributed by atoms with Gasteiger partial charge in [-0.05, 0) is 12.8 Å². The van der Waals surface area contributed by atoms with Gasteiger partial charge in [-0.2, -0.15) is 4.98 Å². The fraction of sp³-hybridized carbons (Fsp3) is 0.765. The van der Waals surface area contributed by atoms with Crippen LogP contribution in [0.4, 0.5) is 4.79 Å². The molecule has 2 aliphatic heterocycles. The summed E-state index contributed by atoms with van der Waals surface area (Å²) in [7, 11) is 0. The number of likely N-dealkylation sites (tertiary alicyclic amines) is 1. The number of aliphatic carboxylic acids is 1. The molecule has 2 saturated heterocycles. The number of hydrogen-bond acceptors (Lipinski definition) is 6. The molecule has 2 fully saturated rings. The molecule has 3 heterocycles. The highest BCUT2D eigenvalue weighted by Crippen LogP contribution is 2.28. The fourth-order valence-electron chi connectivity index (χ4n) is 3.41. The molecule has 0 radical (unpaired) electrons. The second-order valence-corrected chi connectivity index (χ2v) is 7.36. The van der Waals surface area contributed by atoms with Crippen LogP contribution in [0.15, 0.2) is 4.52 Å². The van der Waals surface area contributed by atoms with Crippen molar-refractivity contribution in [3.63, 3.8) is 0 Å². The van der Waals surface area contributed by atoms with Crippen molar-refractivity contribution < 1.29 is 24.0 Å². The Hall–Kier alpha value is -2.16. The summed E-state index contributed by atoms with van der Waals surface area (Å²) in [5, 5.41) is 16.3. The van der Waals surface area contributed by atoms with Gasteiger partial charge in [0.2, 0.25) is 5.89 Å². The normalized spacial score (nSPS) is 23.0. The van der Waals surface area contributed by atoms with Gasteiger partial charge < -0.3 is 24.6 Å². The topological polar surface area (TPSA) is 118 Å². The zero-order valence-corrected chi connectivity index (χ0v) is 15.2. The molecule has 9 nitrogen and oxygen atoms in total. The maximum absolute atomic E-state index is 12.7. The Labute approximate surface area is 152 Å². The molecule has 1 atom stereocenters. The average Bonchev–Trinajstić information content (AvgIpc) is 3.13. The van der Waals surface area contributed by atoms with Crippen LogP contribution >= 0.6 is 0 Å². The van der Waals surface area contributed by atoms with Crippen molar-refractivity contribution in [2.45, 2.75) is 56.9 Å². The molecule has 144 valence electrons. The highest BCUT2D eigenvalue weighted by Gasteiger charge is 2.43. The number of aromatic nitrogens is 2. The van der Waals surface area contributed by atoms with Gasteiger partial charge in [-0.15, -0.1) is 0 Å². The quantitative estimate of drug-likeness (QED) is 0.833. The first kappa shape index (κ1) is 18.6. The Morgan fingerprint density at radius 1 is 1.35 bits per heavy atom. The van der Waals surface area contributed by atoms with E-state index in [-0.39, 0.29) is 30.7 Å². The van der Waals surface area contributed by atoms with Crippen molar-refractivity contribution in [3.8, 4) is 0 Å². The van der Waals surface area contributed by atoms with E-state index in [9.17, 15) is 14.7 Å². The Bertz CT molecular complexity index is 653. The van der Waals surface area contributed by atoms with Crippen LogP contribution in [-0.2, 0) is 9.53 Å². The maximum Gasteiger partial charge on any atom is 0.329 e. The molecular weight excluding hydrogens is 340 g/mol. The maximum atomic E-state index is 12.7. The van der Waals surface area contributed by atoms with E-state index in [1.807, 2.05) is 13.8 Å². The van der Waals surface area contributed by atoms with Gasteiger partial charge in [0.05, 0.1) is 5.92 Å². The Balaban J connectivity index is 1.66. The molecule has 0 bridgehead atoms. The number of ether oxygens (including phenoxy) is 1. The number of piperidine rings is 1. The van der Waals surface area contributed by atoms with Crippen molar-refractivity contribution in [1.29, 1.82) is 0 Å². The Morgan fingerprint density at radius 3 is 2.69 bits per heavy atom. The predicted octanol–water partition coefficient (Wildman–Crippen LogP) is 1.72. The first-order valence-electron chi connectivity index (χ1n) is 9.13. The molecule has 1 unspecified atom stereocenters. The lowest BCUT2D eigenvalue weighted by Gasteiger charge is -2.37. The Morgan fingerprint density at radius 2 is 2.08 bits per heavy atom. The summed E-state index contributed by atoms with van der Waals surface area (Å²) >= 11 is 0. The van der Waals surface area contributed by atoms with E-state index >= 15 is 0 Å². The minimum Gasteiger partial charge on any atom is -0.480 e. The molecule has 1 aromatic rings. The number of carbonyl (C=O) groups excluding carboxylic acids is 1. The van der Waals surface area contributed by atoms with Crippen molar-refractivity contribution in [2.24, 2.45) is 0 Å². The fourth-order valence-corrected chi connectivity index (χ4v) is 3.41. The molecule has 1 aromatic heterocycles. The SMILES string of the molecule is CC(C)c1noc(C2CCCN(C(=O)NC3(C(=O)O)CCOCC3)C2)n1. The van der Waals surface area contributed by atoms with Crippen molar-refractivity contribution in [2.75, 3.05) is 26.3 Å². The molecule has 2 aliphatic rings. The van der Waals surface area contributed by atoms with Crippen LogP contribution < -0.4 is 5.32 Å². The summed E-state index contributed by atoms with van der Waals surface area (Å²) < 4.78 is 10.6. The number of carboxylic acid groups (broad SMARTS) is 1. The molecular formula is C17H26N4O5. The van der Waals surface area contributed by atoms with E-state index < -0.39 is 11.5 Å². The van der Waals surface area contributed by atoms with Crippen LogP contribution in [0, 0.1) is 0 Å². The van der Waals surface area contributed by atoms with E-state index in [1.165, 1.54) is 0 Å². The van der Waals surface area contributed by atoms with Crippen LogP contribution in [0.3, 0.4) is 0 Å². The van der Waals surface area contributed by atoms with Gasteiger partial charge in [0, 0.05) is 45.1 Å². The average molecular weight is 366 g/mol. The van der Waals surface area contributed by atoms with Crippen LogP contribution in [0.1, 0.15) is 63.1 Å². The number of amides is 2. The van der Waals surface area contributed by atoms with E-state index in [2.05, 4.69) is 15.5 Å². The summed E-state index contributed by atoms with van der Waals surface area (Å²) in [5.74, 6) is 0.351. The van der Waals surface area contributed by atoms with Crippen LogP contribution in [0.5, 0.6) is 0 Å². The summed E-state index contributed by atoms with van der Waals surface area (Å²) in [6.45, 7) is 5.67. The minimum absolute atomic E-state index is 0.0232. The van der Waals surface area contributed by atoms with Gasteiger partial charge in [-0.3, -0.25) is 0 Å². The van der Waals surface area contributed by atoms with E-state index in [4.69, 9.17) is 9.26 Å². The van der Waals surface area contributed by atoms with Crippen molar-refractivity contribution in [3.05, 3.63) is 11.7 Å². The zero-order valence-electron chi connectivity index (χ0n) is 15.2. The van der Waals surface area contributed by atoms with Crippen molar-refractivity contribution in [1.82, 2.24) is 20.4 Å². The van der Waals surface area contributed by atoms with Gasteiger partial charge >= 0.3 is 12.0 Å². The third kappa shape index (κ3) is 3.82. The minimum atomic E-state index is -1.25. The number of hydrogen-bond donors (Lipinski definition) is 2. The first-order chi connectivity index (χ1) is 12.4. The van der Waals surface area contributed by atoms with Crippen molar-refractivity contribution >= 4 is 12.0 Å². The van der Waals surface area contributed by atoms with Gasteiger partial charge in [-0.25, -0.2) is 9.59 Å². The molecule has 0 aromatic carbocycles. The molecule has 9 heteroatoms. The number of carboxylic acids is 1. The number of urea groups is 1. The van der Waals surface area contributed by atoms with Gasteiger partial charge in [0.1, 0.15) is 5.54 Å². The lowest BCUT2D eigenvalue weighted by atomic mass is 9.90. The predicted molar refractivity (Wildman–Crippen MR) is 90.9 cm³/mol. The van der Waals surface area contributed by atoms with E-state index in [1.54, 1.807) is 4.90 Å². The molecule has 3 rings (SSSR count). The van der Waals surface area contributed by atoms with Gasteiger partial charge in [0.15, 0.2) is 5.82 Å².